The van der Waals surface area contributed by atoms with E-state index >= 15 is 0 Å². The number of aliphatic hydroxyl groups is 1. The normalized spacial score (nSPS) is 10.5. The van der Waals surface area contributed by atoms with Crippen LogP contribution in [0.1, 0.15) is 0 Å². The van der Waals surface area contributed by atoms with E-state index in [0.717, 1.165) is 15.6 Å². The van der Waals surface area contributed by atoms with Crippen molar-refractivity contribution in [1.29, 1.82) is 0 Å². The maximum Gasteiger partial charge on any atom is 2.00 e. The Hall–Kier alpha value is 1.03. The number of aliphatic hydroxyl groups excluding tert-OH is 1. The van der Waals surface area contributed by atoms with E-state index in [-0.39, 0.29) is 28.1 Å². The molecule has 3 rings (SSSR count). The first-order valence-electron chi connectivity index (χ1n) is 9.08. The molecule has 35 heavy (non-hydrogen) atoms. The van der Waals surface area contributed by atoms with Crippen LogP contribution in [0.15, 0.2) is 91.0 Å². The fraction of sp³-hybridized carbons (Fsp3) is 0.0909. The standard InChI is InChI=1S/C18H16OSi.C2H3Cl3O.2CCl3.Zn/c19-20(16-10-4-1-5-11-16,17-12-6-2-7-13-17)18-14-8-3-9-15-18;3-2(4,5)1-6;2*2-1(3)4;/h1-15,19H;6H,1H2;;;/q;;2*-1;+2. The van der Waals surface area contributed by atoms with E-state index < -0.39 is 18.7 Å². The largest absolute Gasteiger partial charge is 2.00 e. The first-order chi connectivity index (χ1) is 15.8. The summed E-state index contributed by atoms with van der Waals surface area (Å²) in [6.07, 6.45) is 0. The molecule has 3 aromatic carbocycles. The van der Waals surface area contributed by atoms with Crippen molar-refractivity contribution in [3.63, 3.8) is 0 Å². The third kappa shape index (κ3) is 18.0. The molecule has 0 aliphatic heterocycles. The molecule has 0 radical (unpaired) electrons. The summed E-state index contributed by atoms with van der Waals surface area (Å²) in [5.74, 6) is 0. The van der Waals surface area contributed by atoms with Gasteiger partial charge in [0.05, 0.1) is 6.61 Å². The summed E-state index contributed by atoms with van der Waals surface area (Å²) in [6.45, 7) is -0.433. The van der Waals surface area contributed by atoms with Gasteiger partial charge in [-0.3, -0.25) is 0 Å². The van der Waals surface area contributed by atoms with Gasteiger partial charge in [-0.15, -0.1) is 0 Å². The van der Waals surface area contributed by atoms with Crippen LogP contribution in [0.25, 0.3) is 0 Å². The Kier molecular flexibility index (Phi) is 22.8. The number of rotatable bonds is 3. The summed E-state index contributed by atoms with van der Waals surface area (Å²) in [5, 5.41) is 11.0. The molecule has 0 bridgehead atoms. The fourth-order valence-corrected chi connectivity index (χ4v) is 5.56. The van der Waals surface area contributed by atoms with Crippen molar-refractivity contribution < 1.29 is 29.4 Å². The third-order valence-electron chi connectivity index (χ3n) is 3.75. The number of hydrogen-bond acceptors (Lipinski definition) is 2. The number of halogens is 9. The molecule has 2 nitrogen and oxygen atoms in total. The maximum atomic E-state index is 11.6. The minimum atomic E-state index is -2.88. The monoisotopic (exact) mass is 722 g/mol. The van der Waals surface area contributed by atoms with Gasteiger partial charge >= 0.3 is 19.5 Å². The maximum absolute atomic E-state index is 11.6. The van der Waals surface area contributed by atoms with Gasteiger partial charge < -0.3 is 79.5 Å². The minimum absolute atomic E-state index is 0. The van der Waals surface area contributed by atoms with Crippen molar-refractivity contribution in [2.45, 2.75) is 3.79 Å². The van der Waals surface area contributed by atoms with E-state index in [0.29, 0.717) is 0 Å². The zero-order chi connectivity index (χ0) is 26.2. The molecule has 2 N–H and O–H groups in total. The Labute approximate surface area is 265 Å². The smallest absolute Gasteiger partial charge is 0.421 e. The molecule has 3 aromatic rings. The van der Waals surface area contributed by atoms with Crippen LogP contribution < -0.4 is 15.6 Å². The van der Waals surface area contributed by atoms with Gasteiger partial charge in [-0.05, 0) is 15.6 Å². The van der Waals surface area contributed by atoms with Crippen LogP contribution in [-0.2, 0) is 19.5 Å². The Bertz CT molecular complexity index is 780. The molecule has 0 aliphatic carbocycles. The molecule has 0 unspecified atom stereocenters. The summed E-state index contributed by atoms with van der Waals surface area (Å²) < 4.78 is -1.82. The zero-order valence-corrected chi connectivity index (χ0v) is 28.6. The number of hydrogen-bond donors (Lipinski definition) is 2. The van der Waals surface area contributed by atoms with E-state index in [1.807, 2.05) is 91.0 Å². The van der Waals surface area contributed by atoms with Crippen molar-refractivity contribution in [2.24, 2.45) is 0 Å². The average molecular weight is 728 g/mol. The van der Waals surface area contributed by atoms with Crippen LogP contribution in [0.3, 0.4) is 0 Å². The molecule has 0 atom stereocenters. The average Bonchev–Trinajstić information content (AvgIpc) is 2.79. The van der Waals surface area contributed by atoms with Crippen LogP contribution >= 0.6 is 104 Å². The van der Waals surface area contributed by atoms with E-state index in [2.05, 4.69) is 0 Å². The Morgan fingerprint density at radius 3 is 0.886 bits per heavy atom. The van der Waals surface area contributed by atoms with Crippen molar-refractivity contribution in [3.05, 3.63) is 99.6 Å². The Balaban J connectivity index is 0. The molecule has 0 saturated heterocycles. The predicted octanol–water partition coefficient (Wildman–Crippen LogP) is 7.29. The molecular weight excluding hydrogens is 709 g/mol. The molecule has 0 aromatic heterocycles. The van der Waals surface area contributed by atoms with Gasteiger partial charge in [0.15, 0.2) is 0 Å². The molecule has 0 spiro atoms. The van der Waals surface area contributed by atoms with E-state index in [4.69, 9.17) is 110 Å². The SMILES string of the molecule is Cl[C-](Cl)Cl.Cl[C-](Cl)Cl.OCC(Cl)(Cl)Cl.O[Si](c1ccccc1)(c1ccccc1)c1ccccc1.[Zn+2]. The van der Waals surface area contributed by atoms with Gasteiger partial charge in [0.25, 0.3) is 8.32 Å². The van der Waals surface area contributed by atoms with Crippen LogP contribution in [0.2, 0.25) is 0 Å². The van der Waals surface area contributed by atoms with Crippen LogP contribution in [-0.4, -0.2) is 28.6 Å². The number of alkyl halides is 3. The second kappa shape index (κ2) is 20.9. The molecule has 0 amide bonds. The molecule has 0 aliphatic rings. The van der Waals surface area contributed by atoms with Crippen LogP contribution in [0.4, 0.5) is 0 Å². The van der Waals surface area contributed by atoms with E-state index in [1.165, 1.54) is 0 Å². The summed E-state index contributed by atoms with van der Waals surface area (Å²) in [7, 11) is -2.88. The van der Waals surface area contributed by atoms with Crippen LogP contribution in [0.5, 0.6) is 0 Å². The second-order valence-corrected chi connectivity index (χ2v) is 15.1. The molecule has 13 heteroatoms. The topological polar surface area (TPSA) is 40.5 Å². The fourth-order valence-electron chi connectivity index (χ4n) is 2.54. The predicted molar refractivity (Wildman–Crippen MR) is 155 cm³/mol. The van der Waals surface area contributed by atoms with Gasteiger partial charge in [0.2, 0.25) is 3.79 Å². The molecule has 0 fully saturated rings. The van der Waals surface area contributed by atoms with Gasteiger partial charge in [-0.1, -0.05) is 134 Å². The van der Waals surface area contributed by atoms with Crippen molar-refractivity contribution in [1.82, 2.24) is 0 Å². The van der Waals surface area contributed by atoms with E-state index in [1.54, 1.807) is 0 Å². The molecular formula is C22H19Cl9O2SiZn. The van der Waals surface area contributed by atoms with Crippen molar-refractivity contribution in [2.75, 3.05) is 6.61 Å². The first kappa shape index (κ1) is 38.2. The summed E-state index contributed by atoms with van der Waals surface area (Å²) >= 11 is 43.3. The summed E-state index contributed by atoms with van der Waals surface area (Å²) in [4.78, 5) is 11.6. The summed E-state index contributed by atoms with van der Waals surface area (Å²) in [5.41, 5.74) is 0. The van der Waals surface area contributed by atoms with E-state index in [9.17, 15) is 4.80 Å². The van der Waals surface area contributed by atoms with Crippen molar-refractivity contribution >= 4 is 128 Å². The molecule has 0 heterocycles. The minimum Gasteiger partial charge on any atom is -0.421 e. The zero-order valence-electron chi connectivity index (χ0n) is 17.9. The third-order valence-corrected chi connectivity index (χ3v) is 7.62. The van der Waals surface area contributed by atoms with Gasteiger partial charge in [-0.2, -0.15) is 0 Å². The van der Waals surface area contributed by atoms with Crippen molar-refractivity contribution in [3.8, 4) is 0 Å². The van der Waals surface area contributed by atoms with Gasteiger partial charge in [-0.25, -0.2) is 0 Å². The Morgan fingerprint density at radius 2 is 0.743 bits per heavy atom. The Morgan fingerprint density at radius 1 is 0.571 bits per heavy atom. The number of benzene rings is 3. The van der Waals surface area contributed by atoms with Gasteiger partial charge in [0.1, 0.15) is 0 Å². The van der Waals surface area contributed by atoms with Crippen LogP contribution in [0, 0.1) is 8.59 Å². The van der Waals surface area contributed by atoms with Gasteiger partial charge in [0, 0.05) is 0 Å². The quantitative estimate of drug-likeness (QED) is 0.129. The first-order valence-corrected chi connectivity index (χ1v) is 14.4. The second-order valence-electron chi connectivity index (χ2n) is 6.01. The summed E-state index contributed by atoms with van der Waals surface area (Å²) in [6, 6.07) is 30.0. The molecule has 188 valence electrons. The molecule has 0 saturated carbocycles.